The molecule has 0 aromatic carbocycles. The molecule has 0 radical (unpaired) electrons. The molecule has 1 fully saturated rings. The Morgan fingerprint density at radius 2 is 2.28 bits per heavy atom. The van der Waals surface area contributed by atoms with Gasteiger partial charge in [-0.2, -0.15) is 0 Å². The predicted octanol–water partition coefficient (Wildman–Crippen LogP) is 1.02. The van der Waals surface area contributed by atoms with Gasteiger partial charge in [0.15, 0.2) is 0 Å². The number of carbonyl (C=O) groups is 1. The maximum absolute atomic E-state index is 10.9. The summed E-state index contributed by atoms with van der Waals surface area (Å²) in [6.07, 6.45) is 5.64. The van der Waals surface area contributed by atoms with Crippen LogP contribution in [0.5, 0.6) is 0 Å². The Morgan fingerprint density at radius 3 is 2.89 bits per heavy atom. The second kappa shape index (κ2) is 5.71. The minimum atomic E-state index is 0.0517. The summed E-state index contributed by atoms with van der Waals surface area (Å²) in [5, 5.41) is 2.89. The number of amides is 1. The average molecular weight is 248 g/mol. The Bertz CT molecular complexity index is 413. The van der Waals surface area contributed by atoms with E-state index in [0.29, 0.717) is 5.92 Å². The largest absolute Gasteiger partial charge is 0.396 e. The van der Waals surface area contributed by atoms with E-state index in [1.807, 2.05) is 6.07 Å². The van der Waals surface area contributed by atoms with Crippen LogP contribution in [0.4, 0.5) is 11.4 Å². The molecule has 1 amide bonds. The van der Waals surface area contributed by atoms with Gasteiger partial charge in [-0.25, -0.2) is 0 Å². The van der Waals surface area contributed by atoms with Crippen LogP contribution in [0.1, 0.15) is 19.8 Å². The molecule has 5 nitrogen and oxygen atoms in total. The SMILES string of the molecule is CC(=O)NCC1CCN(c2ccncc2N)CC1. The third-order valence-corrected chi connectivity index (χ3v) is 3.42. The fraction of sp³-hybridized carbons (Fsp3) is 0.538. The second-order valence-corrected chi connectivity index (χ2v) is 4.80. The smallest absolute Gasteiger partial charge is 0.216 e. The summed E-state index contributed by atoms with van der Waals surface area (Å²) in [5.74, 6) is 0.629. The molecule has 2 rings (SSSR count). The van der Waals surface area contributed by atoms with Gasteiger partial charge in [0.2, 0.25) is 5.91 Å². The van der Waals surface area contributed by atoms with E-state index in [0.717, 1.165) is 43.9 Å². The number of anilines is 2. The van der Waals surface area contributed by atoms with Gasteiger partial charge in [-0.1, -0.05) is 0 Å². The van der Waals surface area contributed by atoms with E-state index in [1.54, 1.807) is 19.3 Å². The van der Waals surface area contributed by atoms with Crippen LogP contribution in [-0.4, -0.2) is 30.5 Å². The fourth-order valence-corrected chi connectivity index (χ4v) is 2.35. The molecule has 3 N–H and O–H groups in total. The molecule has 0 aliphatic carbocycles. The summed E-state index contributed by atoms with van der Waals surface area (Å²) in [6, 6.07) is 1.96. The average Bonchev–Trinajstić information content (AvgIpc) is 2.38. The number of nitrogen functional groups attached to an aromatic ring is 1. The van der Waals surface area contributed by atoms with Crippen LogP contribution < -0.4 is 16.0 Å². The van der Waals surface area contributed by atoms with Crippen molar-refractivity contribution in [3.8, 4) is 0 Å². The number of nitrogens with zero attached hydrogens (tertiary/aromatic N) is 2. The minimum Gasteiger partial charge on any atom is -0.396 e. The van der Waals surface area contributed by atoms with Crippen molar-refractivity contribution < 1.29 is 4.79 Å². The predicted molar refractivity (Wildman–Crippen MR) is 72.3 cm³/mol. The molecule has 1 aromatic heterocycles. The lowest BCUT2D eigenvalue weighted by Crippen LogP contribution is -2.38. The first-order valence-electron chi connectivity index (χ1n) is 6.35. The van der Waals surface area contributed by atoms with Crippen molar-refractivity contribution in [2.45, 2.75) is 19.8 Å². The second-order valence-electron chi connectivity index (χ2n) is 4.80. The normalized spacial score (nSPS) is 16.6. The van der Waals surface area contributed by atoms with Gasteiger partial charge in [0.05, 0.1) is 17.6 Å². The molecule has 1 aliphatic rings. The molecule has 2 heterocycles. The number of pyridine rings is 1. The highest BCUT2D eigenvalue weighted by Gasteiger charge is 2.20. The molecule has 18 heavy (non-hydrogen) atoms. The number of piperidine rings is 1. The van der Waals surface area contributed by atoms with E-state index in [9.17, 15) is 4.79 Å². The van der Waals surface area contributed by atoms with Gasteiger partial charge in [0.1, 0.15) is 0 Å². The number of hydrogen-bond donors (Lipinski definition) is 2. The number of rotatable bonds is 3. The van der Waals surface area contributed by atoms with Gasteiger partial charge in [-0.05, 0) is 24.8 Å². The Labute approximate surface area is 107 Å². The van der Waals surface area contributed by atoms with Gasteiger partial charge in [-0.3, -0.25) is 9.78 Å². The maximum atomic E-state index is 10.9. The van der Waals surface area contributed by atoms with E-state index in [4.69, 9.17) is 5.73 Å². The van der Waals surface area contributed by atoms with Crippen molar-refractivity contribution in [2.75, 3.05) is 30.3 Å². The van der Waals surface area contributed by atoms with E-state index < -0.39 is 0 Å². The lowest BCUT2D eigenvalue weighted by molar-refractivity contribution is -0.119. The van der Waals surface area contributed by atoms with Crippen LogP contribution in [0.15, 0.2) is 18.5 Å². The van der Waals surface area contributed by atoms with E-state index in [2.05, 4.69) is 15.2 Å². The molecule has 0 bridgehead atoms. The van der Waals surface area contributed by atoms with E-state index in [1.165, 1.54) is 0 Å². The van der Waals surface area contributed by atoms with Crippen molar-refractivity contribution in [1.82, 2.24) is 10.3 Å². The molecule has 0 unspecified atom stereocenters. The zero-order chi connectivity index (χ0) is 13.0. The molecular formula is C13H20N4O. The monoisotopic (exact) mass is 248 g/mol. The topological polar surface area (TPSA) is 71.2 Å². The lowest BCUT2D eigenvalue weighted by Gasteiger charge is -2.34. The Balaban J connectivity index is 1.87. The van der Waals surface area contributed by atoms with Crippen LogP contribution in [0, 0.1) is 5.92 Å². The van der Waals surface area contributed by atoms with Crippen LogP contribution in [0.2, 0.25) is 0 Å². The first kappa shape index (κ1) is 12.7. The number of nitrogens with one attached hydrogen (secondary N) is 1. The Morgan fingerprint density at radius 1 is 1.56 bits per heavy atom. The lowest BCUT2D eigenvalue weighted by atomic mass is 9.96. The van der Waals surface area contributed by atoms with E-state index in [-0.39, 0.29) is 5.91 Å². The number of carbonyl (C=O) groups excluding carboxylic acids is 1. The molecule has 5 heteroatoms. The summed E-state index contributed by atoms with van der Waals surface area (Å²) in [5.41, 5.74) is 7.73. The van der Waals surface area contributed by atoms with Crippen molar-refractivity contribution >= 4 is 17.3 Å². The molecular weight excluding hydrogens is 228 g/mol. The van der Waals surface area contributed by atoms with Gasteiger partial charge in [0, 0.05) is 32.8 Å². The third kappa shape index (κ3) is 3.12. The third-order valence-electron chi connectivity index (χ3n) is 3.42. The summed E-state index contributed by atoms with van der Waals surface area (Å²) < 4.78 is 0. The van der Waals surface area contributed by atoms with Crippen LogP contribution in [-0.2, 0) is 4.79 Å². The summed E-state index contributed by atoms with van der Waals surface area (Å²) >= 11 is 0. The molecule has 1 aromatic rings. The fourth-order valence-electron chi connectivity index (χ4n) is 2.35. The van der Waals surface area contributed by atoms with Gasteiger partial charge in [0.25, 0.3) is 0 Å². The standard InChI is InChI=1S/C13H20N4O/c1-10(18)16-8-11-3-6-17(7-4-11)13-2-5-15-9-12(13)14/h2,5,9,11H,3-4,6-8,14H2,1H3,(H,16,18). The number of nitrogens with two attached hydrogens (primary N) is 1. The van der Waals surface area contributed by atoms with E-state index >= 15 is 0 Å². The molecule has 0 atom stereocenters. The van der Waals surface area contributed by atoms with Gasteiger partial charge in [-0.15, -0.1) is 0 Å². The zero-order valence-electron chi connectivity index (χ0n) is 10.7. The van der Waals surface area contributed by atoms with Crippen molar-refractivity contribution in [2.24, 2.45) is 5.92 Å². The van der Waals surface area contributed by atoms with Gasteiger partial charge < -0.3 is 16.0 Å². The quantitative estimate of drug-likeness (QED) is 0.837. The first-order valence-corrected chi connectivity index (χ1v) is 6.35. The minimum absolute atomic E-state index is 0.0517. The Kier molecular flexibility index (Phi) is 4.02. The zero-order valence-corrected chi connectivity index (χ0v) is 10.7. The highest BCUT2D eigenvalue weighted by Crippen LogP contribution is 2.26. The van der Waals surface area contributed by atoms with Gasteiger partial charge >= 0.3 is 0 Å². The first-order chi connectivity index (χ1) is 8.66. The van der Waals surface area contributed by atoms with Crippen molar-refractivity contribution in [3.05, 3.63) is 18.5 Å². The highest BCUT2D eigenvalue weighted by atomic mass is 16.1. The number of hydrogen-bond acceptors (Lipinski definition) is 4. The molecule has 1 saturated heterocycles. The summed E-state index contributed by atoms with van der Waals surface area (Å²) in [7, 11) is 0. The van der Waals surface area contributed by atoms with Crippen molar-refractivity contribution in [3.63, 3.8) is 0 Å². The highest BCUT2D eigenvalue weighted by molar-refractivity contribution is 5.72. The molecule has 0 saturated carbocycles. The van der Waals surface area contributed by atoms with Crippen LogP contribution in [0.25, 0.3) is 0 Å². The Hall–Kier alpha value is -1.78. The maximum Gasteiger partial charge on any atom is 0.216 e. The summed E-state index contributed by atoms with van der Waals surface area (Å²) in [4.78, 5) is 17.2. The molecule has 1 aliphatic heterocycles. The van der Waals surface area contributed by atoms with Crippen LogP contribution >= 0.6 is 0 Å². The molecule has 0 spiro atoms. The number of aromatic nitrogens is 1. The van der Waals surface area contributed by atoms with Crippen molar-refractivity contribution in [1.29, 1.82) is 0 Å². The summed E-state index contributed by atoms with van der Waals surface area (Å²) in [6.45, 7) is 4.32. The van der Waals surface area contributed by atoms with Crippen LogP contribution in [0.3, 0.4) is 0 Å². The molecule has 98 valence electrons.